The molecule has 1 atom stereocenters. The van der Waals surface area contributed by atoms with Gasteiger partial charge in [-0.1, -0.05) is 0 Å². The van der Waals surface area contributed by atoms with Crippen molar-refractivity contribution in [2.75, 3.05) is 5.73 Å². The molecule has 1 unspecified atom stereocenters. The van der Waals surface area contributed by atoms with E-state index < -0.39 is 27.5 Å². The molecule has 7 heteroatoms. The van der Waals surface area contributed by atoms with Crippen LogP contribution in [-0.4, -0.2) is 25.2 Å². The molecule has 0 bridgehead atoms. The van der Waals surface area contributed by atoms with Crippen LogP contribution < -0.4 is 10.5 Å². The molecule has 0 aliphatic heterocycles. The van der Waals surface area contributed by atoms with Crippen LogP contribution in [-0.2, 0) is 10.0 Å². The van der Waals surface area contributed by atoms with Crippen LogP contribution in [0.4, 0.5) is 10.1 Å². The summed E-state index contributed by atoms with van der Waals surface area (Å²) < 4.78 is 39.5. The average Bonchev–Trinajstić information content (AvgIpc) is 2.20. The Balaban J connectivity index is 3.11. The Morgan fingerprint density at radius 2 is 2.00 bits per heavy atom. The predicted octanol–water partition coefficient (Wildman–Crippen LogP) is 0.846. The van der Waals surface area contributed by atoms with Gasteiger partial charge in [0.15, 0.2) is 0 Å². The van der Waals surface area contributed by atoms with E-state index in [9.17, 15) is 17.9 Å². The summed E-state index contributed by atoms with van der Waals surface area (Å²) in [6, 6.07) is 3.23. The van der Waals surface area contributed by atoms with Crippen molar-refractivity contribution in [1.82, 2.24) is 4.72 Å². The molecule has 0 aromatic heterocycles. The summed E-state index contributed by atoms with van der Waals surface area (Å²) in [6.45, 7) is 4.53. The normalized spacial score (nSPS) is 14.5. The van der Waals surface area contributed by atoms with Crippen LogP contribution in [0, 0.1) is 5.82 Å². The number of nitrogens with two attached hydrogens (primary N) is 1. The number of anilines is 1. The monoisotopic (exact) mass is 276 g/mol. The van der Waals surface area contributed by atoms with E-state index in [0.29, 0.717) is 0 Å². The molecule has 0 fully saturated rings. The Kier molecular flexibility index (Phi) is 3.99. The fourth-order valence-corrected chi connectivity index (χ4v) is 2.65. The van der Waals surface area contributed by atoms with E-state index in [4.69, 9.17) is 5.73 Å². The fourth-order valence-electron chi connectivity index (χ4n) is 1.17. The third kappa shape index (κ3) is 3.18. The minimum Gasteiger partial charge on any atom is -0.396 e. The molecular formula is C11H17FN2O3S. The van der Waals surface area contributed by atoms with Crippen molar-refractivity contribution in [3.8, 4) is 0 Å². The topological polar surface area (TPSA) is 92.4 Å². The van der Waals surface area contributed by atoms with Gasteiger partial charge < -0.3 is 10.8 Å². The second-order valence-corrected chi connectivity index (χ2v) is 6.37. The van der Waals surface area contributed by atoms with E-state index in [1.165, 1.54) is 32.9 Å². The first-order valence-electron chi connectivity index (χ1n) is 5.33. The van der Waals surface area contributed by atoms with Gasteiger partial charge in [-0.05, 0) is 39.0 Å². The van der Waals surface area contributed by atoms with E-state index in [2.05, 4.69) is 4.72 Å². The molecule has 102 valence electrons. The zero-order valence-electron chi connectivity index (χ0n) is 10.4. The van der Waals surface area contributed by atoms with Gasteiger partial charge in [0.1, 0.15) is 5.82 Å². The zero-order valence-corrected chi connectivity index (χ0v) is 11.3. The standard InChI is InChI=1S/C11H17FN2O3S/c1-7(15)11(2,3)14-18(16,17)8-4-5-10(13)9(12)6-8/h4-7,14-15H,13H2,1-3H3. The molecule has 5 nitrogen and oxygen atoms in total. The van der Waals surface area contributed by atoms with E-state index in [0.717, 1.165) is 6.07 Å². The van der Waals surface area contributed by atoms with Gasteiger partial charge >= 0.3 is 0 Å². The van der Waals surface area contributed by atoms with E-state index in [1.54, 1.807) is 0 Å². The second-order valence-electron chi connectivity index (χ2n) is 4.69. The molecule has 0 aliphatic rings. The maximum atomic E-state index is 13.2. The van der Waals surface area contributed by atoms with Gasteiger partial charge in [-0.25, -0.2) is 17.5 Å². The van der Waals surface area contributed by atoms with Gasteiger partial charge in [-0.15, -0.1) is 0 Å². The SMILES string of the molecule is CC(O)C(C)(C)NS(=O)(=O)c1ccc(N)c(F)c1. The van der Waals surface area contributed by atoms with Crippen LogP contribution >= 0.6 is 0 Å². The van der Waals surface area contributed by atoms with Crippen molar-refractivity contribution in [2.24, 2.45) is 0 Å². The molecule has 0 aliphatic carbocycles. The molecule has 0 amide bonds. The van der Waals surface area contributed by atoms with Gasteiger partial charge in [0, 0.05) is 0 Å². The second kappa shape index (κ2) is 4.83. The molecule has 0 spiro atoms. The summed E-state index contributed by atoms with van der Waals surface area (Å²) in [6.07, 6.45) is -0.897. The molecule has 0 saturated carbocycles. The summed E-state index contributed by atoms with van der Waals surface area (Å²) in [5.41, 5.74) is 4.10. The smallest absolute Gasteiger partial charge is 0.241 e. The Labute approximate surface area is 106 Å². The number of nitrogens with one attached hydrogen (secondary N) is 1. The Hall–Kier alpha value is -1.18. The number of aliphatic hydroxyl groups is 1. The highest BCUT2D eigenvalue weighted by molar-refractivity contribution is 7.89. The van der Waals surface area contributed by atoms with Crippen LogP contribution in [0.1, 0.15) is 20.8 Å². The predicted molar refractivity (Wildman–Crippen MR) is 66.9 cm³/mol. The van der Waals surface area contributed by atoms with Crippen molar-refractivity contribution in [1.29, 1.82) is 0 Å². The quantitative estimate of drug-likeness (QED) is 0.711. The summed E-state index contributed by atoms with van der Waals surface area (Å²) in [4.78, 5) is -0.233. The minimum atomic E-state index is -3.91. The van der Waals surface area contributed by atoms with Crippen molar-refractivity contribution in [3.63, 3.8) is 0 Å². The van der Waals surface area contributed by atoms with Gasteiger partial charge in [0.05, 0.1) is 22.2 Å². The molecule has 1 rings (SSSR count). The highest BCUT2D eigenvalue weighted by Crippen LogP contribution is 2.19. The van der Waals surface area contributed by atoms with Crippen molar-refractivity contribution in [2.45, 2.75) is 37.3 Å². The first-order valence-corrected chi connectivity index (χ1v) is 6.81. The van der Waals surface area contributed by atoms with Crippen LogP contribution in [0.5, 0.6) is 0 Å². The summed E-state index contributed by atoms with van der Waals surface area (Å²) in [5.74, 6) is -0.798. The lowest BCUT2D eigenvalue weighted by atomic mass is 10.0. The Morgan fingerprint density at radius 1 is 1.44 bits per heavy atom. The summed E-state index contributed by atoms with van der Waals surface area (Å²) in [7, 11) is -3.91. The number of rotatable bonds is 4. The fraction of sp³-hybridized carbons (Fsp3) is 0.455. The first kappa shape index (κ1) is 14.9. The number of benzene rings is 1. The minimum absolute atomic E-state index is 0.122. The molecule has 0 saturated heterocycles. The van der Waals surface area contributed by atoms with E-state index in [1.807, 2.05) is 0 Å². The van der Waals surface area contributed by atoms with Crippen molar-refractivity contribution >= 4 is 15.7 Å². The number of halogens is 1. The third-order valence-corrected chi connectivity index (χ3v) is 4.39. The molecule has 1 aromatic rings. The van der Waals surface area contributed by atoms with Gasteiger partial charge in [-0.2, -0.15) is 0 Å². The Morgan fingerprint density at radius 3 is 2.44 bits per heavy atom. The molecule has 0 radical (unpaired) electrons. The van der Waals surface area contributed by atoms with Gasteiger partial charge in [0.2, 0.25) is 10.0 Å². The number of hydrogen-bond acceptors (Lipinski definition) is 4. The van der Waals surface area contributed by atoms with Crippen LogP contribution in [0.2, 0.25) is 0 Å². The van der Waals surface area contributed by atoms with Crippen LogP contribution in [0.25, 0.3) is 0 Å². The highest BCUT2D eigenvalue weighted by Gasteiger charge is 2.30. The number of aliphatic hydroxyl groups excluding tert-OH is 1. The van der Waals surface area contributed by atoms with Crippen molar-refractivity contribution < 1.29 is 17.9 Å². The van der Waals surface area contributed by atoms with E-state index >= 15 is 0 Å². The lowest BCUT2D eigenvalue weighted by Gasteiger charge is -2.28. The maximum Gasteiger partial charge on any atom is 0.241 e. The first-order chi connectivity index (χ1) is 8.06. The van der Waals surface area contributed by atoms with Crippen LogP contribution in [0.3, 0.4) is 0 Å². The lowest BCUT2D eigenvalue weighted by molar-refractivity contribution is 0.111. The van der Waals surface area contributed by atoms with Gasteiger partial charge in [0.25, 0.3) is 0 Å². The third-order valence-electron chi connectivity index (χ3n) is 2.72. The molecular weight excluding hydrogens is 259 g/mol. The highest BCUT2D eigenvalue weighted by atomic mass is 32.2. The maximum absolute atomic E-state index is 13.2. The van der Waals surface area contributed by atoms with Crippen LogP contribution in [0.15, 0.2) is 23.1 Å². The number of hydrogen-bond donors (Lipinski definition) is 3. The summed E-state index contributed by atoms with van der Waals surface area (Å²) in [5, 5.41) is 9.47. The average molecular weight is 276 g/mol. The number of sulfonamides is 1. The largest absolute Gasteiger partial charge is 0.396 e. The Bertz CT molecular complexity index is 541. The molecule has 0 heterocycles. The number of nitrogen functional groups attached to an aromatic ring is 1. The zero-order chi connectivity index (χ0) is 14.1. The van der Waals surface area contributed by atoms with E-state index in [-0.39, 0.29) is 10.6 Å². The molecule has 18 heavy (non-hydrogen) atoms. The molecule has 1 aromatic carbocycles. The summed E-state index contributed by atoms with van der Waals surface area (Å²) >= 11 is 0. The van der Waals surface area contributed by atoms with Crippen molar-refractivity contribution in [3.05, 3.63) is 24.0 Å². The lowest BCUT2D eigenvalue weighted by Crippen LogP contribution is -2.50. The molecule has 4 N–H and O–H groups in total. The van der Waals surface area contributed by atoms with Gasteiger partial charge in [-0.3, -0.25) is 0 Å².